The van der Waals surface area contributed by atoms with Crippen LogP contribution in [-0.2, 0) is 14.3 Å². The Labute approximate surface area is 98.6 Å². The molecular weight excluding hydrogens is 222 g/mol. The van der Waals surface area contributed by atoms with Gasteiger partial charge in [0.05, 0.1) is 12.8 Å². The predicted molar refractivity (Wildman–Crippen MR) is 60.4 cm³/mol. The third-order valence-electron chi connectivity index (χ3n) is 2.87. The molecule has 0 fully saturated rings. The van der Waals surface area contributed by atoms with Crippen LogP contribution in [0.25, 0.3) is 0 Å². The minimum Gasteiger partial charge on any atom is -0.467 e. The molecule has 0 radical (unpaired) electrons. The lowest BCUT2D eigenvalue weighted by Gasteiger charge is -2.23. The predicted octanol–water partition coefficient (Wildman–Crippen LogP) is 0.628. The molecule has 1 aromatic rings. The van der Waals surface area contributed by atoms with Crippen molar-refractivity contribution in [2.45, 2.75) is 19.1 Å². The first kappa shape index (κ1) is 11.6. The van der Waals surface area contributed by atoms with E-state index in [0.29, 0.717) is 11.3 Å². The van der Waals surface area contributed by atoms with Gasteiger partial charge in [0.1, 0.15) is 6.10 Å². The molecule has 5 nitrogen and oxygen atoms in total. The summed E-state index contributed by atoms with van der Waals surface area (Å²) in [5.41, 5.74) is 1.13. The highest BCUT2D eigenvalue weighted by molar-refractivity contribution is 6.01. The quantitative estimate of drug-likeness (QED) is 0.725. The van der Waals surface area contributed by atoms with Crippen molar-refractivity contribution in [1.29, 1.82) is 0 Å². The number of anilines is 1. The van der Waals surface area contributed by atoms with Gasteiger partial charge in [-0.1, -0.05) is 18.2 Å². The second kappa shape index (κ2) is 4.18. The Morgan fingerprint density at radius 1 is 1.35 bits per heavy atom. The Morgan fingerprint density at radius 3 is 2.59 bits per heavy atom. The van der Waals surface area contributed by atoms with Crippen molar-refractivity contribution in [3.05, 3.63) is 29.8 Å². The van der Waals surface area contributed by atoms with E-state index in [1.54, 1.807) is 24.3 Å². The summed E-state index contributed by atoms with van der Waals surface area (Å²) in [7, 11) is 1.23. The summed E-state index contributed by atoms with van der Waals surface area (Å²) >= 11 is 0. The zero-order chi connectivity index (χ0) is 12.6. The van der Waals surface area contributed by atoms with Crippen molar-refractivity contribution in [2.75, 3.05) is 12.0 Å². The van der Waals surface area contributed by atoms with Gasteiger partial charge < -0.3 is 9.84 Å². The number of rotatable bonds is 1. The van der Waals surface area contributed by atoms with Crippen LogP contribution >= 0.6 is 0 Å². The van der Waals surface area contributed by atoms with Crippen LogP contribution in [0.5, 0.6) is 0 Å². The lowest BCUT2D eigenvalue weighted by molar-refractivity contribution is -0.146. The number of methoxy groups -OCH3 is 1. The number of hydrogen-bond acceptors (Lipinski definition) is 4. The molecule has 0 unspecified atom stereocenters. The number of nitrogens with zero attached hydrogens (tertiary/aromatic N) is 1. The number of amides is 1. The Hall–Kier alpha value is -1.88. The van der Waals surface area contributed by atoms with Gasteiger partial charge in [-0.2, -0.15) is 0 Å². The van der Waals surface area contributed by atoms with Gasteiger partial charge in [0, 0.05) is 12.5 Å². The number of aliphatic hydroxyl groups excluding tert-OH is 1. The Kier molecular flexibility index (Phi) is 2.85. The standard InChI is InChI=1S/C12H13NO4/c1-7(14)13-9-6-4-3-5-8(9)11(15)10(13)12(16)17-2/h3-6,10-11,15H,1-2H3/t10-,11+/m1/s1. The number of para-hydroxylation sites is 1. The molecule has 0 spiro atoms. The van der Waals surface area contributed by atoms with Gasteiger partial charge in [0.15, 0.2) is 6.04 Å². The fourth-order valence-corrected chi connectivity index (χ4v) is 2.14. The van der Waals surface area contributed by atoms with E-state index < -0.39 is 18.1 Å². The van der Waals surface area contributed by atoms with Crippen LogP contribution in [0.15, 0.2) is 24.3 Å². The van der Waals surface area contributed by atoms with E-state index in [-0.39, 0.29) is 5.91 Å². The fraction of sp³-hybridized carbons (Fsp3) is 0.333. The molecule has 2 rings (SSSR count). The van der Waals surface area contributed by atoms with Crippen LogP contribution in [0.4, 0.5) is 5.69 Å². The first-order valence-electron chi connectivity index (χ1n) is 5.22. The van der Waals surface area contributed by atoms with Gasteiger partial charge in [-0.25, -0.2) is 4.79 Å². The first-order chi connectivity index (χ1) is 8.07. The molecule has 1 aliphatic rings. The largest absolute Gasteiger partial charge is 0.467 e. The lowest BCUT2D eigenvalue weighted by atomic mass is 10.1. The van der Waals surface area contributed by atoms with Crippen molar-refractivity contribution < 1.29 is 19.4 Å². The van der Waals surface area contributed by atoms with Gasteiger partial charge in [-0.05, 0) is 6.07 Å². The van der Waals surface area contributed by atoms with Crippen molar-refractivity contribution >= 4 is 17.6 Å². The number of carbonyl (C=O) groups is 2. The number of esters is 1. The van der Waals surface area contributed by atoms with E-state index in [9.17, 15) is 14.7 Å². The Bertz CT molecular complexity index is 471. The molecule has 5 heteroatoms. The van der Waals surface area contributed by atoms with E-state index >= 15 is 0 Å². The molecule has 2 atom stereocenters. The third-order valence-corrected chi connectivity index (χ3v) is 2.87. The van der Waals surface area contributed by atoms with Crippen molar-refractivity contribution in [2.24, 2.45) is 0 Å². The first-order valence-corrected chi connectivity index (χ1v) is 5.22. The minimum absolute atomic E-state index is 0.301. The van der Waals surface area contributed by atoms with Crippen molar-refractivity contribution in [1.82, 2.24) is 0 Å². The van der Waals surface area contributed by atoms with Gasteiger partial charge in [0.2, 0.25) is 5.91 Å². The zero-order valence-electron chi connectivity index (χ0n) is 9.58. The molecule has 0 bridgehead atoms. The molecule has 1 heterocycles. The molecular formula is C12H13NO4. The summed E-state index contributed by atoms with van der Waals surface area (Å²) < 4.78 is 4.62. The maximum absolute atomic E-state index is 11.6. The number of ether oxygens (including phenoxy) is 1. The summed E-state index contributed by atoms with van der Waals surface area (Å²) in [6, 6.07) is 5.90. The molecule has 0 aromatic heterocycles. The molecule has 90 valence electrons. The molecule has 1 N–H and O–H groups in total. The Morgan fingerprint density at radius 2 is 2.00 bits per heavy atom. The highest BCUT2D eigenvalue weighted by Gasteiger charge is 2.44. The van der Waals surface area contributed by atoms with E-state index in [1.165, 1.54) is 18.9 Å². The van der Waals surface area contributed by atoms with Crippen molar-refractivity contribution in [3.63, 3.8) is 0 Å². The van der Waals surface area contributed by atoms with Crippen LogP contribution in [-0.4, -0.2) is 30.1 Å². The summed E-state index contributed by atoms with van der Waals surface area (Å²) in [4.78, 5) is 24.5. The molecule has 17 heavy (non-hydrogen) atoms. The van der Waals surface area contributed by atoms with Crippen LogP contribution in [0.1, 0.15) is 18.6 Å². The zero-order valence-corrected chi connectivity index (χ0v) is 9.58. The second-order valence-corrected chi connectivity index (χ2v) is 3.86. The van der Waals surface area contributed by atoms with E-state index in [2.05, 4.69) is 4.74 Å². The number of hydrogen-bond donors (Lipinski definition) is 1. The van der Waals surface area contributed by atoms with Crippen molar-refractivity contribution in [3.8, 4) is 0 Å². The molecule has 1 aromatic carbocycles. The summed E-state index contributed by atoms with van der Waals surface area (Å²) in [6.45, 7) is 1.35. The van der Waals surface area contributed by atoms with Crippen LogP contribution in [0.3, 0.4) is 0 Å². The average Bonchev–Trinajstić information content (AvgIpc) is 2.62. The average molecular weight is 235 g/mol. The third kappa shape index (κ3) is 1.68. The SMILES string of the molecule is COC(=O)[C@H]1[C@@H](O)c2ccccc2N1C(C)=O. The maximum atomic E-state index is 11.6. The molecule has 1 amide bonds. The number of fused-ring (bicyclic) bond motifs is 1. The van der Waals surface area contributed by atoms with E-state index in [0.717, 1.165) is 0 Å². The van der Waals surface area contributed by atoms with Crippen LogP contribution < -0.4 is 4.90 Å². The second-order valence-electron chi connectivity index (χ2n) is 3.86. The summed E-state index contributed by atoms with van der Waals surface area (Å²) in [5, 5.41) is 10.1. The normalized spacial score (nSPS) is 22.2. The number of carbonyl (C=O) groups excluding carboxylic acids is 2. The van der Waals surface area contributed by atoms with Gasteiger partial charge in [0.25, 0.3) is 0 Å². The maximum Gasteiger partial charge on any atom is 0.332 e. The van der Waals surface area contributed by atoms with Crippen LogP contribution in [0, 0.1) is 0 Å². The van der Waals surface area contributed by atoms with Crippen LogP contribution in [0.2, 0.25) is 0 Å². The molecule has 1 aliphatic heterocycles. The summed E-state index contributed by atoms with van der Waals surface area (Å²) in [6.07, 6.45) is -1.04. The topological polar surface area (TPSA) is 66.8 Å². The Balaban J connectivity index is 2.51. The van der Waals surface area contributed by atoms with Gasteiger partial charge in [-0.15, -0.1) is 0 Å². The smallest absolute Gasteiger partial charge is 0.332 e. The van der Waals surface area contributed by atoms with Gasteiger partial charge >= 0.3 is 5.97 Å². The fourth-order valence-electron chi connectivity index (χ4n) is 2.14. The molecule has 0 saturated heterocycles. The van der Waals surface area contributed by atoms with E-state index in [4.69, 9.17) is 0 Å². The monoisotopic (exact) mass is 235 g/mol. The highest BCUT2D eigenvalue weighted by atomic mass is 16.5. The minimum atomic E-state index is -1.04. The highest BCUT2D eigenvalue weighted by Crippen LogP contribution is 2.39. The molecule has 0 aliphatic carbocycles. The molecule has 0 saturated carbocycles. The van der Waals surface area contributed by atoms with E-state index in [1.807, 2.05) is 0 Å². The number of benzene rings is 1. The number of aliphatic hydroxyl groups is 1. The summed E-state index contributed by atoms with van der Waals surface area (Å²) in [5.74, 6) is -0.923. The lowest BCUT2D eigenvalue weighted by Crippen LogP contribution is -2.44. The van der Waals surface area contributed by atoms with Gasteiger partial charge in [-0.3, -0.25) is 9.69 Å².